The molecule has 0 spiro atoms. The molecule has 3 nitrogen and oxygen atoms in total. The first-order valence-corrected chi connectivity index (χ1v) is 9.29. The van der Waals surface area contributed by atoms with E-state index in [4.69, 9.17) is 9.47 Å². The molecule has 26 heavy (non-hydrogen) atoms. The molecule has 0 saturated carbocycles. The molecule has 1 aromatic heterocycles. The summed E-state index contributed by atoms with van der Waals surface area (Å²) in [4.78, 5) is 13.6. The number of aryl methyl sites for hydroxylation is 2. The highest BCUT2D eigenvalue weighted by Gasteiger charge is 2.30. The summed E-state index contributed by atoms with van der Waals surface area (Å²) < 4.78 is 11.7. The van der Waals surface area contributed by atoms with Gasteiger partial charge in [-0.1, -0.05) is 35.9 Å². The highest BCUT2D eigenvalue weighted by atomic mass is 32.1. The standard InChI is InChI=1S/C22H18O3S/c1-14-5-7-16(8-6-14)13-24-17-10-15(2)21-19(11-17)25-20(22(21)23)12-18-4-3-9-26-18/h3-12H,13H2,1-2H3/b20-12-. The Morgan fingerprint density at radius 2 is 1.92 bits per heavy atom. The lowest BCUT2D eigenvalue weighted by Crippen LogP contribution is -1.99. The van der Waals surface area contributed by atoms with Crippen molar-refractivity contribution >= 4 is 23.2 Å². The Bertz CT molecular complexity index is 983. The van der Waals surface area contributed by atoms with E-state index in [1.54, 1.807) is 23.5 Å². The normalized spacial score (nSPS) is 14.4. The summed E-state index contributed by atoms with van der Waals surface area (Å²) >= 11 is 1.57. The van der Waals surface area contributed by atoms with Crippen LogP contribution in [0.5, 0.6) is 11.5 Å². The number of rotatable bonds is 4. The van der Waals surface area contributed by atoms with Crippen LogP contribution in [0.15, 0.2) is 59.7 Å². The van der Waals surface area contributed by atoms with Gasteiger partial charge < -0.3 is 9.47 Å². The van der Waals surface area contributed by atoms with Crippen LogP contribution in [0.25, 0.3) is 6.08 Å². The molecule has 0 N–H and O–H groups in total. The molecule has 0 fully saturated rings. The molecule has 1 aliphatic rings. The Hall–Kier alpha value is -2.85. The van der Waals surface area contributed by atoms with E-state index >= 15 is 0 Å². The Balaban J connectivity index is 1.56. The first-order valence-electron chi connectivity index (χ1n) is 8.41. The third-order valence-corrected chi connectivity index (χ3v) is 5.11. The third-order valence-electron chi connectivity index (χ3n) is 4.29. The Morgan fingerprint density at radius 3 is 2.65 bits per heavy atom. The van der Waals surface area contributed by atoms with Gasteiger partial charge in [-0.15, -0.1) is 11.3 Å². The van der Waals surface area contributed by atoms with Crippen LogP contribution in [-0.2, 0) is 6.61 Å². The molecule has 2 heterocycles. The van der Waals surface area contributed by atoms with Crippen molar-refractivity contribution in [1.29, 1.82) is 0 Å². The number of ketones is 1. The first kappa shape index (κ1) is 16.6. The fraction of sp³-hybridized carbons (Fsp3) is 0.136. The predicted molar refractivity (Wildman–Crippen MR) is 104 cm³/mol. The lowest BCUT2D eigenvalue weighted by molar-refractivity contribution is 0.101. The summed E-state index contributed by atoms with van der Waals surface area (Å²) in [6.07, 6.45) is 1.79. The maximum absolute atomic E-state index is 12.6. The molecule has 0 saturated heterocycles. The highest BCUT2D eigenvalue weighted by Crippen LogP contribution is 2.38. The zero-order valence-corrected chi connectivity index (χ0v) is 15.4. The van der Waals surface area contributed by atoms with Gasteiger partial charge in [0.25, 0.3) is 0 Å². The Morgan fingerprint density at radius 1 is 1.12 bits per heavy atom. The van der Waals surface area contributed by atoms with Gasteiger partial charge >= 0.3 is 0 Å². The summed E-state index contributed by atoms with van der Waals surface area (Å²) in [5.41, 5.74) is 3.81. The number of Topliss-reactive ketones (excluding diaryl/α,β-unsaturated/α-hetero) is 1. The van der Waals surface area contributed by atoms with Crippen molar-refractivity contribution in [2.24, 2.45) is 0 Å². The minimum atomic E-state index is -0.0732. The quantitative estimate of drug-likeness (QED) is 0.570. The van der Waals surface area contributed by atoms with Gasteiger partial charge in [0.1, 0.15) is 18.1 Å². The number of fused-ring (bicyclic) bond motifs is 1. The molecule has 0 unspecified atom stereocenters. The van der Waals surface area contributed by atoms with E-state index in [-0.39, 0.29) is 5.78 Å². The fourth-order valence-corrected chi connectivity index (χ4v) is 3.56. The molecule has 3 aromatic rings. The van der Waals surface area contributed by atoms with Crippen LogP contribution in [0.3, 0.4) is 0 Å². The molecule has 0 amide bonds. The Kier molecular flexibility index (Phi) is 4.35. The van der Waals surface area contributed by atoms with Crippen molar-refractivity contribution in [1.82, 2.24) is 0 Å². The number of hydrogen-bond donors (Lipinski definition) is 0. The number of benzene rings is 2. The van der Waals surface area contributed by atoms with Crippen LogP contribution >= 0.6 is 11.3 Å². The second-order valence-corrected chi connectivity index (χ2v) is 7.32. The maximum Gasteiger partial charge on any atom is 0.232 e. The van der Waals surface area contributed by atoms with Crippen molar-refractivity contribution in [3.63, 3.8) is 0 Å². The van der Waals surface area contributed by atoms with E-state index in [1.807, 2.05) is 30.5 Å². The highest BCUT2D eigenvalue weighted by molar-refractivity contribution is 7.10. The van der Waals surface area contributed by atoms with Crippen molar-refractivity contribution in [2.45, 2.75) is 20.5 Å². The van der Waals surface area contributed by atoms with E-state index in [9.17, 15) is 4.79 Å². The summed E-state index contributed by atoms with van der Waals surface area (Å²) in [6.45, 7) is 4.45. The van der Waals surface area contributed by atoms with Crippen molar-refractivity contribution < 1.29 is 14.3 Å². The second kappa shape index (κ2) is 6.81. The van der Waals surface area contributed by atoms with Crippen molar-refractivity contribution in [2.75, 3.05) is 0 Å². The number of carbonyl (C=O) groups is 1. The zero-order valence-electron chi connectivity index (χ0n) is 14.6. The number of allylic oxidation sites excluding steroid dienone is 1. The van der Waals surface area contributed by atoms with Gasteiger partial charge in [-0.25, -0.2) is 0 Å². The summed E-state index contributed by atoms with van der Waals surface area (Å²) in [7, 11) is 0. The van der Waals surface area contributed by atoms with Crippen molar-refractivity contribution in [3.8, 4) is 11.5 Å². The van der Waals surface area contributed by atoms with Gasteiger partial charge in [-0.2, -0.15) is 0 Å². The zero-order chi connectivity index (χ0) is 18.1. The summed E-state index contributed by atoms with van der Waals surface area (Å²) in [6, 6.07) is 15.8. The van der Waals surface area contributed by atoms with Crippen LogP contribution in [0, 0.1) is 13.8 Å². The molecule has 0 radical (unpaired) electrons. The molecule has 4 heteroatoms. The van der Waals surface area contributed by atoms with Crippen LogP contribution in [0.2, 0.25) is 0 Å². The monoisotopic (exact) mass is 362 g/mol. The molecule has 0 aliphatic carbocycles. The fourth-order valence-electron chi connectivity index (χ4n) is 2.91. The summed E-state index contributed by atoms with van der Waals surface area (Å²) in [5.74, 6) is 1.56. The number of thiophene rings is 1. The molecule has 1 aliphatic heterocycles. The molecular weight excluding hydrogens is 344 g/mol. The van der Waals surface area contributed by atoms with Gasteiger partial charge in [-0.05, 0) is 42.5 Å². The van der Waals surface area contributed by atoms with Gasteiger partial charge in [0.2, 0.25) is 5.78 Å². The molecule has 4 rings (SSSR count). The van der Waals surface area contributed by atoms with Gasteiger partial charge in [0.15, 0.2) is 5.76 Å². The topological polar surface area (TPSA) is 35.5 Å². The molecule has 0 bridgehead atoms. The van der Waals surface area contributed by atoms with Gasteiger partial charge in [-0.3, -0.25) is 4.79 Å². The average Bonchev–Trinajstić information content (AvgIpc) is 3.23. The molecular formula is C22H18O3S. The van der Waals surface area contributed by atoms with Crippen LogP contribution in [0.1, 0.15) is 31.9 Å². The van der Waals surface area contributed by atoms with E-state index in [1.165, 1.54) is 5.56 Å². The average molecular weight is 362 g/mol. The molecule has 2 aromatic carbocycles. The summed E-state index contributed by atoms with van der Waals surface area (Å²) in [5, 5.41) is 1.97. The molecule has 130 valence electrons. The smallest absolute Gasteiger partial charge is 0.232 e. The molecule has 0 atom stereocenters. The minimum Gasteiger partial charge on any atom is -0.489 e. The largest absolute Gasteiger partial charge is 0.489 e. The van der Waals surface area contributed by atoms with E-state index in [2.05, 4.69) is 31.2 Å². The van der Waals surface area contributed by atoms with Crippen LogP contribution in [0.4, 0.5) is 0 Å². The number of ether oxygens (including phenoxy) is 2. The lowest BCUT2D eigenvalue weighted by atomic mass is 10.0. The SMILES string of the molecule is Cc1ccc(COc2cc(C)c3c(c2)O/C(=C\c2cccs2)C3=O)cc1. The third kappa shape index (κ3) is 3.28. The van der Waals surface area contributed by atoms with Crippen molar-refractivity contribution in [3.05, 3.63) is 86.8 Å². The number of carbonyl (C=O) groups excluding carboxylic acids is 1. The van der Waals surface area contributed by atoms with Crippen LogP contribution in [-0.4, -0.2) is 5.78 Å². The van der Waals surface area contributed by atoms with E-state index in [0.29, 0.717) is 29.4 Å². The predicted octanol–water partition coefficient (Wildman–Crippen LogP) is 5.56. The van der Waals surface area contributed by atoms with E-state index in [0.717, 1.165) is 16.0 Å². The second-order valence-electron chi connectivity index (χ2n) is 6.34. The lowest BCUT2D eigenvalue weighted by Gasteiger charge is -2.09. The van der Waals surface area contributed by atoms with Gasteiger partial charge in [0.05, 0.1) is 5.56 Å². The Labute approximate surface area is 156 Å². The van der Waals surface area contributed by atoms with Crippen LogP contribution < -0.4 is 9.47 Å². The first-order chi connectivity index (χ1) is 12.6. The minimum absolute atomic E-state index is 0.0732. The number of hydrogen-bond acceptors (Lipinski definition) is 4. The maximum atomic E-state index is 12.6. The van der Waals surface area contributed by atoms with Gasteiger partial charge in [0, 0.05) is 17.0 Å². The van der Waals surface area contributed by atoms with E-state index < -0.39 is 0 Å².